The lowest BCUT2D eigenvalue weighted by Gasteiger charge is -2.15. The average Bonchev–Trinajstić information content (AvgIpc) is 2.61. The van der Waals surface area contributed by atoms with Crippen molar-refractivity contribution in [2.45, 2.75) is 19.5 Å². The number of carboxylic acids is 2. The third kappa shape index (κ3) is 6.50. The molecule has 24 heavy (non-hydrogen) atoms. The van der Waals surface area contributed by atoms with Crippen molar-refractivity contribution in [3.8, 4) is 5.75 Å². The summed E-state index contributed by atoms with van der Waals surface area (Å²) in [6.07, 6.45) is 0. The Morgan fingerprint density at radius 3 is 2.08 bits per heavy atom. The van der Waals surface area contributed by atoms with Gasteiger partial charge < -0.3 is 20.3 Å². The standard InChI is InChI=1S/C16H19NO.C2H2O4/c1-13(14-8-4-3-5-9-14)17-12-15-10-6-7-11-16(15)18-2;3-1(4)2(5)6/h3-11,13,17H,12H2,1-2H3;(H,3,4)(H,5,6). The molecule has 0 radical (unpaired) electrons. The van der Waals surface area contributed by atoms with Gasteiger partial charge in [0.25, 0.3) is 0 Å². The lowest BCUT2D eigenvalue weighted by Crippen LogP contribution is -2.18. The van der Waals surface area contributed by atoms with E-state index < -0.39 is 11.9 Å². The predicted molar refractivity (Wildman–Crippen MR) is 90.0 cm³/mol. The Hall–Kier alpha value is -2.86. The van der Waals surface area contributed by atoms with E-state index in [2.05, 4.69) is 42.6 Å². The van der Waals surface area contributed by atoms with Gasteiger partial charge in [-0.1, -0.05) is 48.5 Å². The minimum atomic E-state index is -1.82. The molecule has 128 valence electrons. The van der Waals surface area contributed by atoms with Crippen LogP contribution in [0, 0.1) is 0 Å². The van der Waals surface area contributed by atoms with Gasteiger partial charge in [-0.15, -0.1) is 0 Å². The first-order valence-corrected chi connectivity index (χ1v) is 7.32. The summed E-state index contributed by atoms with van der Waals surface area (Å²) in [4.78, 5) is 18.2. The van der Waals surface area contributed by atoms with E-state index >= 15 is 0 Å². The lowest BCUT2D eigenvalue weighted by atomic mass is 10.1. The van der Waals surface area contributed by atoms with E-state index in [9.17, 15) is 0 Å². The molecule has 1 unspecified atom stereocenters. The van der Waals surface area contributed by atoms with Crippen LogP contribution in [-0.2, 0) is 16.1 Å². The van der Waals surface area contributed by atoms with Crippen LogP contribution in [0.25, 0.3) is 0 Å². The summed E-state index contributed by atoms with van der Waals surface area (Å²) < 4.78 is 5.34. The summed E-state index contributed by atoms with van der Waals surface area (Å²) in [6.45, 7) is 2.98. The first-order chi connectivity index (χ1) is 11.5. The Bertz CT molecular complexity index is 645. The van der Waals surface area contributed by atoms with E-state index in [1.54, 1.807) is 7.11 Å². The van der Waals surface area contributed by atoms with Gasteiger partial charge in [0.2, 0.25) is 0 Å². The zero-order chi connectivity index (χ0) is 17.9. The number of nitrogens with one attached hydrogen (secondary N) is 1. The molecule has 3 N–H and O–H groups in total. The number of methoxy groups -OCH3 is 1. The summed E-state index contributed by atoms with van der Waals surface area (Å²) in [6, 6.07) is 18.9. The van der Waals surface area contributed by atoms with Gasteiger partial charge in [0.1, 0.15) is 5.75 Å². The molecule has 6 nitrogen and oxygen atoms in total. The fourth-order valence-corrected chi connectivity index (χ4v) is 1.97. The summed E-state index contributed by atoms with van der Waals surface area (Å²) in [5.41, 5.74) is 2.48. The molecule has 0 fully saturated rings. The summed E-state index contributed by atoms with van der Waals surface area (Å²) >= 11 is 0. The second-order valence-electron chi connectivity index (χ2n) is 4.94. The average molecular weight is 331 g/mol. The van der Waals surface area contributed by atoms with E-state index in [0.29, 0.717) is 6.04 Å². The first kappa shape index (κ1) is 19.2. The number of aliphatic carboxylic acids is 2. The minimum Gasteiger partial charge on any atom is -0.496 e. The van der Waals surface area contributed by atoms with Crippen molar-refractivity contribution in [2.24, 2.45) is 0 Å². The number of ether oxygens (including phenoxy) is 1. The van der Waals surface area contributed by atoms with Gasteiger partial charge in [0.15, 0.2) is 0 Å². The van der Waals surface area contributed by atoms with Gasteiger partial charge in [0.05, 0.1) is 7.11 Å². The van der Waals surface area contributed by atoms with E-state index in [0.717, 1.165) is 12.3 Å². The highest BCUT2D eigenvalue weighted by atomic mass is 16.5. The molecular weight excluding hydrogens is 310 g/mol. The van der Waals surface area contributed by atoms with Gasteiger partial charge in [-0.2, -0.15) is 0 Å². The van der Waals surface area contributed by atoms with Crippen molar-refractivity contribution in [2.75, 3.05) is 7.11 Å². The Morgan fingerprint density at radius 1 is 1.00 bits per heavy atom. The largest absolute Gasteiger partial charge is 0.496 e. The second kappa shape index (κ2) is 10.0. The van der Waals surface area contributed by atoms with Crippen molar-refractivity contribution in [3.63, 3.8) is 0 Å². The van der Waals surface area contributed by atoms with Crippen LogP contribution < -0.4 is 10.1 Å². The van der Waals surface area contributed by atoms with Crippen LogP contribution in [0.2, 0.25) is 0 Å². The number of carboxylic acid groups (broad SMARTS) is 2. The SMILES string of the molecule is COc1ccccc1CNC(C)c1ccccc1.O=C(O)C(=O)O. The van der Waals surface area contributed by atoms with E-state index in [4.69, 9.17) is 24.5 Å². The highest BCUT2D eigenvalue weighted by molar-refractivity contribution is 6.27. The molecule has 0 saturated heterocycles. The van der Waals surface area contributed by atoms with Gasteiger partial charge in [0, 0.05) is 18.2 Å². The minimum absolute atomic E-state index is 0.330. The van der Waals surface area contributed by atoms with Gasteiger partial charge >= 0.3 is 11.9 Å². The number of rotatable bonds is 5. The van der Waals surface area contributed by atoms with Crippen molar-refractivity contribution >= 4 is 11.9 Å². The molecule has 2 aromatic rings. The number of benzene rings is 2. The number of hydrogen-bond acceptors (Lipinski definition) is 4. The molecule has 0 heterocycles. The molecule has 2 aromatic carbocycles. The number of carbonyl (C=O) groups is 2. The van der Waals surface area contributed by atoms with Crippen LogP contribution in [0.4, 0.5) is 0 Å². The van der Waals surface area contributed by atoms with Crippen LogP contribution in [0.3, 0.4) is 0 Å². The maximum Gasteiger partial charge on any atom is 0.414 e. The Morgan fingerprint density at radius 2 is 1.54 bits per heavy atom. The maximum atomic E-state index is 9.10. The molecule has 0 spiro atoms. The quantitative estimate of drug-likeness (QED) is 0.729. The third-order valence-electron chi connectivity index (χ3n) is 3.27. The van der Waals surface area contributed by atoms with E-state index in [1.807, 2.05) is 24.3 Å². The van der Waals surface area contributed by atoms with Gasteiger partial charge in [-0.05, 0) is 18.6 Å². The van der Waals surface area contributed by atoms with Crippen LogP contribution in [0.15, 0.2) is 54.6 Å². The van der Waals surface area contributed by atoms with Crippen LogP contribution in [0.1, 0.15) is 24.1 Å². The fraction of sp³-hybridized carbons (Fsp3) is 0.222. The monoisotopic (exact) mass is 331 g/mol. The fourth-order valence-electron chi connectivity index (χ4n) is 1.97. The molecule has 1 atom stereocenters. The van der Waals surface area contributed by atoms with Crippen LogP contribution in [-0.4, -0.2) is 29.3 Å². The third-order valence-corrected chi connectivity index (χ3v) is 3.27. The topological polar surface area (TPSA) is 95.9 Å². The van der Waals surface area contributed by atoms with Crippen LogP contribution >= 0.6 is 0 Å². The zero-order valence-electron chi connectivity index (χ0n) is 13.6. The predicted octanol–water partition coefficient (Wildman–Crippen LogP) is 2.70. The van der Waals surface area contributed by atoms with Crippen LogP contribution in [0.5, 0.6) is 5.75 Å². The van der Waals surface area contributed by atoms with Gasteiger partial charge in [-0.3, -0.25) is 0 Å². The second-order valence-corrected chi connectivity index (χ2v) is 4.94. The van der Waals surface area contributed by atoms with E-state index in [1.165, 1.54) is 11.1 Å². The highest BCUT2D eigenvalue weighted by Crippen LogP contribution is 2.19. The molecule has 0 aliphatic carbocycles. The molecule has 6 heteroatoms. The Balaban J connectivity index is 0.000000413. The molecule has 0 aliphatic heterocycles. The smallest absolute Gasteiger partial charge is 0.414 e. The highest BCUT2D eigenvalue weighted by Gasteiger charge is 2.06. The Labute approximate surface area is 140 Å². The zero-order valence-corrected chi connectivity index (χ0v) is 13.6. The molecule has 0 saturated carbocycles. The van der Waals surface area contributed by atoms with E-state index in [-0.39, 0.29) is 0 Å². The number of hydrogen-bond donors (Lipinski definition) is 3. The molecule has 0 aliphatic rings. The van der Waals surface area contributed by atoms with Crippen molar-refractivity contribution < 1.29 is 24.5 Å². The van der Waals surface area contributed by atoms with Crippen molar-refractivity contribution in [3.05, 3.63) is 65.7 Å². The molecule has 2 rings (SSSR count). The Kier molecular flexibility index (Phi) is 8.01. The van der Waals surface area contributed by atoms with Crippen molar-refractivity contribution in [1.29, 1.82) is 0 Å². The normalized spacial score (nSPS) is 10.9. The molecule has 0 bridgehead atoms. The van der Waals surface area contributed by atoms with Crippen molar-refractivity contribution in [1.82, 2.24) is 5.32 Å². The maximum absolute atomic E-state index is 9.10. The first-order valence-electron chi connectivity index (χ1n) is 7.32. The molecular formula is C18H21NO5. The summed E-state index contributed by atoms with van der Waals surface area (Å²) in [5, 5.41) is 18.3. The number of para-hydroxylation sites is 1. The summed E-state index contributed by atoms with van der Waals surface area (Å²) in [7, 11) is 1.71. The lowest BCUT2D eigenvalue weighted by molar-refractivity contribution is -0.159. The molecule has 0 aromatic heterocycles. The van der Waals surface area contributed by atoms with Gasteiger partial charge in [-0.25, -0.2) is 9.59 Å². The summed E-state index contributed by atoms with van der Waals surface area (Å²) in [5.74, 6) is -2.71. The molecule has 0 amide bonds.